The molecule has 178 valence electrons. The van der Waals surface area contributed by atoms with Gasteiger partial charge in [-0.15, -0.1) is 0 Å². The molecule has 0 bridgehead atoms. The first-order valence-electron chi connectivity index (χ1n) is 12.0. The van der Waals surface area contributed by atoms with Crippen LogP contribution in [0.1, 0.15) is 32.9 Å². The molecule has 35 heavy (non-hydrogen) atoms. The van der Waals surface area contributed by atoms with Crippen LogP contribution in [0.2, 0.25) is 0 Å². The fourth-order valence-electron chi connectivity index (χ4n) is 4.67. The van der Waals surface area contributed by atoms with Crippen molar-refractivity contribution in [2.24, 2.45) is 0 Å². The standard InChI is InChI=1S/C28H30N6O/c1-18-7-5-10-24-19(2)15-25(32-26(18)24)33-11-13-34(14-12-33)27(35)22-8-6-9-23(17-22)31-28-29-20(3)16-21(4)30-28/h5-10,15-17H,11-14H2,1-4H3,(H,29,30,31). The molecule has 1 aliphatic rings. The van der Waals surface area contributed by atoms with Crippen molar-refractivity contribution >= 4 is 34.3 Å². The van der Waals surface area contributed by atoms with Crippen LogP contribution in [0.4, 0.5) is 17.5 Å². The van der Waals surface area contributed by atoms with Gasteiger partial charge in [-0.25, -0.2) is 15.0 Å². The van der Waals surface area contributed by atoms with Gasteiger partial charge in [-0.1, -0.05) is 24.3 Å². The molecule has 1 amide bonds. The maximum Gasteiger partial charge on any atom is 0.254 e. The van der Waals surface area contributed by atoms with E-state index in [0.717, 1.165) is 41.5 Å². The van der Waals surface area contributed by atoms with Crippen molar-refractivity contribution in [3.63, 3.8) is 0 Å². The minimum atomic E-state index is 0.0353. The molecular weight excluding hydrogens is 436 g/mol. The molecule has 3 heterocycles. The van der Waals surface area contributed by atoms with Crippen molar-refractivity contribution in [3.05, 3.63) is 82.7 Å². The van der Waals surface area contributed by atoms with Gasteiger partial charge in [0.15, 0.2) is 0 Å². The Morgan fingerprint density at radius 1 is 0.800 bits per heavy atom. The SMILES string of the molecule is Cc1cc(C)nc(Nc2cccc(C(=O)N3CCN(c4cc(C)c5cccc(C)c5n4)CC3)c2)n1. The maximum atomic E-state index is 13.3. The molecule has 0 atom stereocenters. The summed E-state index contributed by atoms with van der Waals surface area (Å²) in [5.74, 6) is 1.55. The molecule has 2 aromatic heterocycles. The number of carbonyl (C=O) groups excluding carboxylic acids is 1. The van der Waals surface area contributed by atoms with Crippen LogP contribution in [-0.2, 0) is 0 Å². The topological polar surface area (TPSA) is 74.2 Å². The van der Waals surface area contributed by atoms with Crippen molar-refractivity contribution in [3.8, 4) is 0 Å². The average molecular weight is 467 g/mol. The second-order valence-electron chi connectivity index (χ2n) is 9.23. The molecule has 0 unspecified atom stereocenters. The molecule has 7 nitrogen and oxygen atoms in total. The lowest BCUT2D eigenvalue weighted by Crippen LogP contribution is -2.49. The number of aryl methyl sites for hydroxylation is 4. The molecule has 0 spiro atoms. The van der Waals surface area contributed by atoms with E-state index in [1.165, 1.54) is 16.5 Å². The minimum Gasteiger partial charge on any atom is -0.353 e. The van der Waals surface area contributed by atoms with Crippen LogP contribution >= 0.6 is 0 Å². The van der Waals surface area contributed by atoms with E-state index in [2.05, 4.69) is 58.3 Å². The van der Waals surface area contributed by atoms with Gasteiger partial charge >= 0.3 is 0 Å². The van der Waals surface area contributed by atoms with Crippen LogP contribution in [0.15, 0.2) is 54.6 Å². The molecule has 1 aliphatic heterocycles. The van der Waals surface area contributed by atoms with Gasteiger partial charge in [-0.3, -0.25) is 4.79 Å². The van der Waals surface area contributed by atoms with Crippen LogP contribution in [0.25, 0.3) is 10.9 Å². The zero-order valence-electron chi connectivity index (χ0n) is 20.7. The number of para-hydroxylation sites is 1. The summed E-state index contributed by atoms with van der Waals surface area (Å²) in [6.07, 6.45) is 0. The predicted octanol–water partition coefficient (Wildman–Crippen LogP) is 4.96. The lowest BCUT2D eigenvalue weighted by molar-refractivity contribution is 0.0746. The summed E-state index contributed by atoms with van der Waals surface area (Å²) in [6, 6.07) is 17.9. The number of rotatable bonds is 4. The maximum absolute atomic E-state index is 13.3. The van der Waals surface area contributed by atoms with Crippen LogP contribution < -0.4 is 10.2 Å². The smallest absolute Gasteiger partial charge is 0.254 e. The van der Waals surface area contributed by atoms with Gasteiger partial charge in [0.1, 0.15) is 5.82 Å². The van der Waals surface area contributed by atoms with Crippen LogP contribution in [0.3, 0.4) is 0 Å². The molecule has 2 aromatic carbocycles. The van der Waals surface area contributed by atoms with E-state index >= 15 is 0 Å². The minimum absolute atomic E-state index is 0.0353. The monoisotopic (exact) mass is 466 g/mol. The van der Waals surface area contributed by atoms with Gasteiger partial charge in [-0.2, -0.15) is 0 Å². The van der Waals surface area contributed by atoms with E-state index in [-0.39, 0.29) is 5.91 Å². The first-order chi connectivity index (χ1) is 16.9. The average Bonchev–Trinajstić information content (AvgIpc) is 2.84. The van der Waals surface area contributed by atoms with Crippen LogP contribution in [0, 0.1) is 27.7 Å². The quantitative estimate of drug-likeness (QED) is 0.458. The van der Waals surface area contributed by atoms with Gasteiger partial charge in [-0.05, 0) is 69.2 Å². The highest BCUT2D eigenvalue weighted by Gasteiger charge is 2.23. The molecule has 1 N–H and O–H groups in total. The normalized spacial score (nSPS) is 13.8. The Morgan fingerprint density at radius 2 is 1.51 bits per heavy atom. The third-order valence-electron chi connectivity index (χ3n) is 6.47. The molecule has 7 heteroatoms. The summed E-state index contributed by atoms with van der Waals surface area (Å²) in [5, 5.41) is 4.42. The fourth-order valence-corrected chi connectivity index (χ4v) is 4.67. The Morgan fingerprint density at radius 3 is 2.26 bits per heavy atom. The zero-order valence-corrected chi connectivity index (χ0v) is 20.7. The number of hydrogen-bond acceptors (Lipinski definition) is 6. The number of hydrogen-bond donors (Lipinski definition) is 1. The van der Waals surface area contributed by atoms with Crippen molar-refractivity contribution in [2.45, 2.75) is 27.7 Å². The Kier molecular flexibility index (Phi) is 6.07. The Labute approximate surface area is 205 Å². The molecule has 1 saturated heterocycles. The van der Waals surface area contributed by atoms with E-state index in [1.807, 2.05) is 49.1 Å². The van der Waals surface area contributed by atoms with Gasteiger partial charge in [0.25, 0.3) is 5.91 Å². The van der Waals surface area contributed by atoms with E-state index in [4.69, 9.17) is 4.98 Å². The van der Waals surface area contributed by atoms with Gasteiger partial charge in [0.2, 0.25) is 5.95 Å². The van der Waals surface area contributed by atoms with Crippen molar-refractivity contribution in [1.82, 2.24) is 19.9 Å². The highest BCUT2D eigenvalue weighted by atomic mass is 16.2. The summed E-state index contributed by atoms with van der Waals surface area (Å²) in [6.45, 7) is 10.9. The zero-order chi connectivity index (χ0) is 24.5. The predicted molar refractivity (Wildman–Crippen MR) is 141 cm³/mol. The van der Waals surface area contributed by atoms with E-state index in [0.29, 0.717) is 24.6 Å². The molecule has 5 rings (SSSR count). The van der Waals surface area contributed by atoms with Crippen molar-refractivity contribution < 1.29 is 4.79 Å². The molecule has 4 aromatic rings. The number of carbonyl (C=O) groups is 1. The van der Waals surface area contributed by atoms with Gasteiger partial charge in [0, 0.05) is 54.2 Å². The summed E-state index contributed by atoms with van der Waals surface area (Å²) in [4.78, 5) is 31.3. The molecular formula is C28H30N6O. The number of benzene rings is 2. The summed E-state index contributed by atoms with van der Waals surface area (Å²) in [7, 11) is 0. The number of anilines is 3. The fraction of sp³-hybridized carbons (Fsp3) is 0.286. The van der Waals surface area contributed by atoms with Crippen molar-refractivity contribution in [1.29, 1.82) is 0 Å². The third kappa shape index (κ3) is 4.80. The number of aromatic nitrogens is 3. The number of fused-ring (bicyclic) bond motifs is 1. The number of amides is 1. The second kappa shape index (κ2) is 9.33. The van der Waals surface area contributed by atoms with Gasteiger partial charge in [0.05, 0.1) is 5.52 Å². The highest BCUT2D eigenvalue weighted by molar-refractivity contribution is 5.95. The summed E-state index contributed by atoms with van der Waals surface area (Å²) >= 11 is 0. The lowest BCUT2D eigenvalue weighted by Gasteiger charge is -2.35. The second-order valence-corrected chi connectivity index (χ2v) is 9.23. The van der Waals surface area contributed by atoms with E-state index < -0.39 is 0 Å². The first-order valence-corrected chi connectivity index (χ1v) is 12.0. The van der Waals surface area contributed by atoms with E-state index in [1.54, 1.807) is 0 Å². The number of pyridine rings is 1. The van der Waals surface area contributed by atoms with Crippen LogP contribution in [-0.4, -0.2) is 51.9 Å². The van der Waals surface area contributed by atoms with Crippen molar-refractivity contribution in [2.75, 3.05) is 36.4 Å². The Bertz CT molecular complexity index is 1390. The molecule has 0 saturated carbocycles. The molecule has 1 fully saturated rings. The third-order valence-corrected chi connectivity index (χ3v) is 6.47. The largest absolute Gasteiger partial charge is 0.353 e. The summed E-state index contributed by atoms with van der Waals surface area (Å²) < 4.78 is 0. The van der Waals surface area contributed by atoms with Crippen LogP contribution in [0.5, 0.6) is 0 Å². The number of nitrogens with one attached hydrogen (secondary N) is 1. The first kappa shape index (κ1) is 22.8. The summed E-state index contributed by atoms with van der Waals surface area (Å²) in [5.41, 5.74) is 6.71. The van der Waals surface area contributed by atoms with E-state index in [9.17, 15) is 4.79 Å². The lowest BCUT2D eigenvalue weighted by atomic mass is 10.1. The highest BCUT2D eigenvalue weighted by Crippen LogP contribution is 2.26. The van der Waals surface area contributed by atoms with Gasteiger partial charge < -0.3 is 15.1 Å². The Hall–Kier alpha value is -4.00. The number of nitrogens with zero attached hydrogens (tertiary/aromatic N) is 5. The Balaban J connectivity index is 1.28. The molecule has 0 aliphatic carbocycles. The number of piperazine rings is 1. The molecule has 0 radical (unpaired) electrons.